The molecule has 1 N–H and O–H groups in total. The molecule has 0 amide bonds. The minimum atomic E-state index is -0.376. The molecule has 4 heteroatoms. The fourth-order valence-electron chi connectivity index (χ4n) is 3.69. The van der Waals surface area contributed by atoms with E-state index >= 15 is 0 Å². The number of Topliss-reactive ketones (excluding diaryl/α,β-unsaturated/α-hetero) is 1. The molecular weight excluding hydrogens is 399 g/mol. The molecule has 26 heavy (non-hydrogen) atoms. The van der Waals surface area contributed by atoms with Crippen molar-refractivity contribution in [2.24, 2.45) is 0 Å². The first-order valence-electron chi connectivity index (χ1n) is 10.0. The van der Waals surface area contributed by atoms with Gasteiger partial charge < -0.3 is 16.9 Å². The maximum absolute atomic E-state index is 12.2. The van der Waals surface area contributed by atoms with Crippen LogP contribution >= 0.6 is 0 Å². The van der Waals surface area contributed by atoms with E-state index in [-0.39, 0.29) is 44.9 Å². The molecule has 1 aliphatic rings. The second-order valence-electron chi connectivity index (χ2n) is 7.23. The van der Waals surface area contributed by atoms with Gasteiger partial charge in [-0.05, 0) is 30.5 Å². The van der Waals surface area contributed by atoms with Crippen LogP contribution in [-0.4, -0.2) is 23.5 Å². The Bertz CT molecular complexity index is 517. The molecule has 0 aliphatic carbocycles. The Morgan fingerprint density at radius 2 is 1.88 bits per heavy atom. The number of hydrogen-bond donors (Lipinski definition) is 1. The molecule has 2 unspecified atom stereocenters. The SMILES string of the molecule is [CH2-]CCCCCC1C(=O)CCN1c1ccc(C(O)CCCCC)cc1.[Y]. The maximum Gasteiger partial charge on any atom is 0.156 e. The van der Waals surface area contributed by atoms with Gasteiger partial charge in [-0.1, -0.05) is 57.6 Å². The van der Waals surface area contributed by atoms with Crippen molar-refractivity contribution in [2.75, 3.05) is 11.4 Å². The second kappa shape index (κ2) is 13.0. The third-order valence-corrected chi connectivity index (χ3v) is 5.27. The summed E-state index contributed by atoms with van der Waals surface area (Å²) in [6.07, 6.45) is 9.82. The Kier molecular flexibility index (Phi) is 11.9. The molecule has 0 bridgehead atoms. The summed E-state index contributed by atoms with van der Waals surface area (Å²) in [6.45, 7) is 6.87. The van der Waals surface area contributed by atoms with Crippen LogP contribution in [0.3, 0.4) is 0 Å². The summed E-state index contributed by atoms with van der Waals surface area (Å²) in [7, 11) is 0. The molecule has 1 heterocycles. The summed E-state index contributed by atoms with van der Waals surface area (Å²) in [5, 5.41) is 10.3. The molecule has 1 aromatic carbocycles. The van der Waals surface area contributed by atoms with E-state index < -0.39 is 0 Å². The van der Waals surface area contributed by atoms with Crippen molar-refractivity contribution in [3.63, 3.8) is 0 Å². The first-order chi connectivity index (χ1) is 12.2. The van der Waals surface area contributed by atoms with Gasteiger partial charge in [0, 0.05) is 51.4 Å². The fourth-order valence-corrected chi connectivity index (χ4v) is 3.69. The molecule has 1 aromatic rings. The van der Waals surface area contributed by atoms with Crippen LogP contribution in [-0.2, 0) is 37.5 Å². The summed E-state index contributed by atoms with van der Waals surface area (Å²) < 4.78 is 0. The van der Waals surface area contributed by atoms with Crippen molar-refractivity contribution >= 4 is 11.5 Å². The van der Waals surface area contributed by atoms with Gasteiger partial charge >= 0.3 is 0 Å². The van der Waals surface area contributed by atoms with Gasteiger partial charge in [0.1, 0.15) is 0 Å². The predicted molar refractivity (Wildman–Crippen MR) is 105 cm³/mol. The summed E-state index contributed by atoms with van der Waals surface area (Å²) in [6, 6.07) is 8.22. The van der Waals surface area contributed by atoms with Gasteiger partial charge in [-0.15, -0.1) is 0 Å². The van der Waals surface area contributed by atoms with Gasteiger partial charge in [0.2, 0.25) is 0 Å². The number of hydrogen-bond acceptors (Lipinski definition) is 3. The number of aliphatic hydroxyl groups excluding tert-OH is 1. The average Bonchev–Trinajstić information content (AvgIpc) is 3.00. The number of rotatable bonds is 11. The molecule has 0 aromatic heterocycles. The van der Waals surface area contributed by atoms with Crippen LogP contribution in [0.5, 0.6) is 0 Å². The standard InChI is InChI=1S/C22H34NO2.Y/c1-3-5-7-9-10-20-22(25)16-17-23(20)19-14-12-18(13-15-19)21(24)11-8-6-4-2;/h12-15,20-21,24H,1,3-11,16-17H2,2H3;/q-1;. The van der Waals surface area contributed by atoms with E-state index in [1.807, 2.05) is 12.1 Å². The number of ketones is 1. The van der Waals surface area contributed by atoms with Crippen molar-refractivity contribution in [1.82, 2.24) is 0 Å². The number of nitrogens with zero attached hydrogens (tertiary/aromatic N) is 1. The van der Waals surface area contributed by atoms with Crippen molar-refractivity contribution < 1.29 is 42.6 Å². The van der Waals surface area contributed by atoms with Gasteiger partial charge in [-0.2, -0.15) is 6.42 Å². The summed E-state index contributed by atoms with van der Waals surface area (Å²) >= 11 is 0. The molecule has 1 aliphatic heterocycles. The van der Waals surface area contributed by atoms with Crippen LogP contribution in [0.1, 0.15) is 82.8 Å². The van der Waals surface area contributed by atoms with Gasteiger partial charge in [-0.3, -0.25) is 4.79 Å². The zero-order valence-corrected chi connectivity index (χ0v) is 19.2. The van der Waals surface area contributed by atoms with E-state index in [0.717, 1.165) is 62.7 Å². The molecular formula is C22H34NO2Y-. The van der Waals surface area contributed by atoms with Crippen LogP contribution in [0, 0.1) is 6.92 Å². The molecule has 2 atom stereocenters. The minimum Gasteiger partial charge on any atom is -0.388 e. The Hall–Kier alpha value is -0.246. The third-order valence-electron chi connectivity index (χ3n) is 5.27. The van der Waals surface area contributed by atoms with Crippen LogP contribution < -0.4 is 4.90 Å². The topological polar surface area (TPSA) is 40.5 Å². The Balaban J connectivity index is 0.00000338. The van der Waals surface area contributed by atoms with Crippen LogP contribution in [0.4, 0.5) is 5.69 Å². The monoisotopic (exact) mass is 433 g/mol. The predicted octanol–water partition coefficient (Wildman–Crippen LogP) is 5.23. The number of benzene rings is 1. The molecule has 1 radical (unpaired) electrons. The molecule has 143 valence electrons. The van der Waals surface area contributed by atoms with E-state index in [2.05, 4.69) is 30.9 Å². The number of unbranched alkanes of at least 4 members (excludes halogenated alkanes) is 5. The van der Waals surface area contributed by atoms with Crippen molar-refractivity contribution in [2.45, 2.75) is 83.3 Å². The van der Waals surface area contributed by atoms with Gasteiger partial charge in [0.25, 0.3) is 0 Å². The number of carbonyl (C=O) groups excluding carboxylic acids is 1. The molecule has 3 nitrogen and oxygen atoms in total. The largest absolute Gasteiger partial charge is 0.388 e. The number of carbonyl (C=O) groups is 1. The quantitative estimate of drug-likeness (QED) is 0.384. The van der Waals surface area contributed by atoms with E-state index in [0.29, 0.717) is 12.2 Å². The zero-order chi connectivity index (χ0) is 18.1. The molecule has 2 rings (SSSR count). The fraction of sp³-hybridized carbons (Fsp3) is 0.636. The molecule has 0 spiro atoms. The first-order valence-corrected chi connectivity index (χ1v) is 10.0. The Labute approximate surface area is 184 Å². The van der Waals surface area contributed by atoms with E-state index in [1.165, 1.54) is 12.8 Å². The molecule has 1 fully saturated rings. The third kappa shape index (κ3) is 7.05. The molecule has 1 saturated heterocycles. The van der Waals surface area contributed by atoms with E-state index in [1.54, 1.807) is 0 Å². The van der Waals surface area contributed by atoms with Gasteiger partial charge in [0.05, 0.1) is 12.1 Å². The van der Waals surface area contributed by atoms with Crippen LogP contribution in [0.2, 0.25) is 0 Å². The summed E-state index contributed by atoms with van der Waals surface area (Å²) in [5.74, 6) is 0.373. The van der Waals surface area contributed by atoms with Gasteiger partial charge in [-0.25, -0.2) is 0 Å². The summed E-state index contributed by atoms with van der Waals surface area (Å²) in [4.78, 5) is 14.5. The maximum atomic E-state index is 12.2. The average molecular weight is 433 g/mol. The van der Waals surface area contributed by atoms with Crippen molar-refractivity contribution in [1.29, 1.82) is 0 Å². The van der Waals surface area contributed by atoms with Crippen molar-refractivity contribution in [3.05, 3.63) is 36.8 Å². The number of anilines is 1. The first kappa shape index (κ1) is 23.8. The number of aliphatic hydroxyl groups is 1. The van der Waals surface area contributed by atoms with Crippen LogP contribution in [0.15, 0.2) is 24.3 Å². The van der Waals surface area contributed by atoms with Crippen molar-refractivity contribution in [3.8, 4) is 0 Å². The second-order valence-corrected chi connectivity index (χ2v) is 7.23. The Morgan fingerprint density at radius 1 is 1.15 bits per heavy atom. The molecule has 0 saturated carbocycles. The Morgan fingerprint density at radius 3 is 2.54 bits per heavy atom. The normalized spacial score (nSPS) is 18.0. The summed E-state index contributed by atoms with van der Waals surface area (Å²) in [5.41, 5.74) is 2.09. The van der Waals surface area contributed by atoms with E-state index in [4.69, 9.17) is 0 Å². The van der Waals surface area contributed by atoms with Crippen LogP contribution in [0.25, 0.3) is 0 Å². The van der Waals surface area contributed by atoms with E-state index in [9.17, 15) is 9.90 Å². The van der Waals surface area contributed by atoms with Gasteiger partial charge in [0.15, 0.2) is 5.78 Å². The minimum absolute atomic E-state index is 0. The zero-order valence-electron chi connectivity index (χ0n) is 16.3. The smallest absolute Gasteiger partial charge is 0.156 e.